The van der Waals surface area contributed by atoms with E-state index in [-0.39, 0.29) is 0 Å². The molecule has 3 aromatic rings. The number of halogens is 2. The Kier molecular flexibility index (Phi) is 4.19. The first-order valence-electron chi connectivity index (χ1n) is 7.03. The third-order valence-corrected chi connectivity index (χ3v) is 3.28. The zero-order chi connectivity index (χ0) is 17.1. The summed E-state index contributed by atoms with van der Waals surface area (Å²) in [7, 11) is 0. The topological polar surface area (TPSA) is 71.8 Å². The first-order chi connectivity index (χ1) is 11.5. The van der Waals surface area contributed by atoms with E-state index in [0.29, 0.717) is 11.5 Å². The van der Waals surface area contributed by atoms with Crippen LogP contribution in [0, 0.1) is 18.6 Å². The van der Waals surface area contributed by atoms with Crippen molar-refractivity contribution in [2.75, 3.05) is 10.6 Å². The van der Waals surface area contributed by atoms with Gasteiger partial charge in [-0.2, -0.15) is 0 Å². The third kappa shape index (κ3) is 3.22. The summed E-state index contributed by atoms with van der Waals surface area (Å²) in [6, 6.07) is 5.87. The number of aromatic nitrogens is 3. The van der Waals surface area contributed by atoms with Gasteiger partial charge in [0.2, 0.25) is 0 Å². The predicted octanol–water partition coefficient (Wildman–Crippen LogP) is 3.50. The quantitative estimate of drug-likeness (QED) is 0.772. The first kappa shape index (κ1) is 15.6. The smallest absolute Gasteiger partial charge is 0.306 e. The lowest BCUT2D eigenvalue weighted by Gasteiger charge is -2.10. The van der Waals surface area contributed by atoms with E-state index >= 15 is 0 Å². The highest BCUT2D eigenvalue weighted by atomic mass is 19.1. The Morgan fingerprint density at radius 2 is 1.83 bits per heavy atom. The average molecular weight is 329 g/mol. The highest BCUT2D eigenvalue weighted by Gasteiger charge is 2.12. The van der Waals surface area contributed by atoms with E-state index in [1.54, 1.807) is 29.1 Å². The molecule has 6 nitrogen and oxygen atoms in total. The maximum absolute atomic E-state index is 13.5. The van der Waals surface area contributed by atoms with Gasteiger partial charge in [-0.3, -0.25) is 4.57 Å². The van der Waals surface area contributed by atoms with Gasteiger partial charge in [-0.05, 0) is 31.2 Å². The van der Waals surface area contributed by atoms with Crippen LogP contribution >= 0.6 is 0 Å². The van der Waals surface area contributed by atoms with E-state index in [1.165, 1.54) is 12.3 Å². The Morgan fingerprint density at radius 1 is 1.08 bits per heavy atom. The van der Waals surface area contributed by atoms with Crippen LogP contribution in [0.4, 0.5) is 25.0 Å². The van der Waals surface area contributed by atoms with Crippen molar-refractivity contribution in [1.29, 1.82) is 0 Å². The fraction of sp³-hybridized carbons (Fsp3) is 0.0625. The minimum Gasteiger partial charge on any atom is -0.306 e. The second kappa shape index (κ2) is 6.45. The molecule has 0 radical (unpaired) electrons. The Morgan fingerprint density at radius 3 is 2.42 bits per heavy atom. The van der Waals surface area contributed by atoms with Crippen molar-refractivity contribution >= 4 is 17.4 Å². The molecule has 0 saturated carbocycles. The molecule has 8 heteroatoms. The van der Waals surface area contributed by atoms with Crippen LogP contribution in [-0.4, -0.2) is 20.6 Å². The molecule has 0 saturated heterocycles. The number of hydrogen-bond acceptors (Lipinski definition) is 3. The molecule has 0 spiro atoms. The van der Waals surface area contributed by atoms with Crippen molar-refractivity contribution in [3.05, 3.63) is 66.4 Å². The van der Waals surface area contributed by atoms with Gasteiger partial charge in [0.15, 0.2) is 0 Å². The molecule has 0 aliphatic rings. The minimum absolute atomic E-state index is 0.380. The number of hydrogen-bond donors (Lipinski definition) is 2. The van der Waals surface area contributed by atoms with E-state index in [1.807, 2.05) is 6.92 Å². The molecular weight excluding hydrogens is 316 g/mol. The number of para-hydroxylation sites is 1. The molecule has 1 aromatic carbocycles. The monoisotopic (exact) mass is 329 g/mol. The summed E-state index contributed by atoms with van der Waals surface area (Å²) < 4.78 is 28.8. The van der Waals surface area contributed by atoms with Crippen LogP contribution in [-0.2, 0) is 0 Å². The van der Waals surface area contributed by atoms with E-state index in [4.69, 9.17) is 0 Å². The Balaban J connectivity index is 1.70. The van der Waals surface area contributed by atoms with E-state index < -0.39 is 23.4 Å². The second-order valence-electron chi connectivity index (χ2n) is 4.93. The number of amides is 2. The van der Waals surface area contributed by atoms with Gasteiger partial charge in [-0.15, -0.1) is 0 Å². The number of aryl methyl sites for hydroxylation is 1. The highest BCUT2D eigenvalue weighted by Crippen LogP contribution is 2.18. The molecule has 2 N–H and O–H groups in total. The molecule has 2 amide bonds. The standard InChI is InChI=1S/C16H13F2N5O/c1-10-19-7-8-23(10)14-6-5-11(9-20-14)21-16(24)22-15-12(17)3-2-4-13(15)18/h2-9H,1H3,(H2,21,22,24). The number of anilines is 2. The molecule has 0 aliphatic heterocycles. The van der Waals surface area contributed by atoms with Gasteiger partial charge < -0.3 is 10.6 Å². The lowest BCUT2D eigenvalue weighted by atomic mass is 10.3. The van der Waals surface area contributed by atoms with Crippen molar-refractivity contribution in [2.45, 2.75) is 6.92 Å². The second-order valence-corrected chi connectivity index (χ2v) is 4.93. The summed E-state index contributed by atoms with van der Waals surface area (Å²) in [5.74, 6) is -0.296. The predicted molar refractivity (Wildman–Crippen MR) is 85.1 cm³/mol. The lowest BCUT2D eigenvalue weighted by molar-refractivity contribution is 0.262. The fourth-order valence-electron chi connectivity index (χ4n) is 2.12. The molecule has 0 aliphatic carbocycles. The largest absolute Gasteiger partial charge is 0.323 e. The van der Waals surface area contributed by atoms with Gasteiger partial charge >= 0.3 is 6.03 Å². The van der Waals surface area contributed by atoms with Crippen molar-refractivity contribution < 1.29 is 13.6 Å². The third-order valence-electron chi connectivity index (χ3n) is 3.28. The molecule has 0 bridgehead atoms. The normalized spacial score (nSPS) is 10.5. The number of imidazole rings is 1. The van der Waals surface area contributed by atoms with Gasteiger partial charge in [-0.25, -0.2) is 23.5 Å². The number of carbonyl (C=O) groups is 1. The number of nitrogens with zero attached hydrogens (tertiary/aromatic N) is 3. The lowest BCUT2D eigenvalue weighted by Crippen LogP contribution is -2.21. The summed E-state index contributed by atoms with van der Waals surface area (Å²) in [6.07, 6.45) is 4.85. The van der Waals surface area contributed by atoms with Crippen molar-refractivity contribution in [1.82, 2.24) is 14.5 Å². The number of carbonyl (C=O) groups excluding carboxylic acids is 1. The Labute approximate surface area is 136 Å². The number of benzene rings is 1. The maximum atomic E-state index is 13.5. The molecule has 0 fully saturated rings. The van der Waals surface area contributed by atoms with Crippen LogP contribution in [0.2, 0.25) is 0 Å². The van der Waals surface area contributed by atoms with E-state index in [0.717, 1.165) is 18.0 Å². The Bertz CT molecular complexity index is 856. The number of urea groups is 1. The molecule has 3 rings (SSSR count). The Hall–Kier alpha value is -3.29. The van der Waals surface area contributed by atoms with Gasteiger partial charge in [0.25, 0.3) is 0 Å². The summed E-state index contributed by atoms with van der Waals surface area (Å²) >= 11 is 0. The van der Waals surface area contributed by atoms with Crippen LogP contribution in [0.15, 0.2) is 48.9 Å². The van der Waals surface area contributed by atoms with Gasteiger partial charge in [-0.1, -0.05) is 6.07 Å². The highest BCUT2D eigenvalue weighted by molar-refractivity contribution is 5.99. The molecule has 2 heterocycles. The van der Waals surface area contributed by atoms with Crippen molar-refractivity contribution in [3.8, 4) is 5.82 Å². The molecule has 24 heavy (non-hydrogen) atoms. The van der Waals surface area contributed by atoms with Crippen LogP contribution in [0.25, 0.3) is 5.82 Å². The summed E-state index contributed by atoms with van der Waals surface area (Å²) in [6.45, 7) is 1.84. The van der Waals surface area contributed by atoms with E-state index in [2.05, 4.69) is 20.6 Å². The fourth-order valence-corrected chi connectivity index (χ4v) is 2.12. The summed E-state index contributed by atoms with van der Waals surface area (Å²) in [5.41, 5.74) is -0.126. The zero-order valence-corrected chi connectivity index (χ0v) is 12.6. The van der Waals surface area contributed by atoms with Crippen LogP contribution in [0.5, 0.6) is 0 Å². The molecule has 0 atom stereocenters. The molecule has 2 aromatic heterocycles. The zero-order valence-electron chi connectivity index (χ0n) is 12.6. The van der Waals surface area contributed by atoms with Crippen molar-refractivity contribution in [3.63, 3.8) is 0 Å². The SMILES string of the molecule is Cc1nccn1-c1ccc(NC(=O)Nc2c(F)cccc2F)cn1. The van der Waals surface area contributed by atoms with E-state index in [9.17, 15) is 13.6 Å². The molecular formula is C16H13F2N5O. The first-order valence-corrected chi connectivity index (χ1v) is 7.03. The van der Waals surface area contributed by atoms with Gasteiger partial charge in [0.05, 0.1) is 11.9 Å². The number of nitrogens with one attached hydrogen (secondary N) is 2. The van der Waals surface area contributed by atoms with Crippen LogP contribution < -0.4 is 10.6 Å². The summed E-state index contributed by atoms with van der Waals surface area (Å²) in [4.78, 5) is 20.2. The van der Waals surface area contributed by atoms with Gasteiger partial charge in [0.1, 0.15) is 29.0 Å². The van der Waals surface area contributed by atoms with Crippen LogP contribution in [0.1, 0.15) is 5.82 Å². The number of rotatable bonds is 3. The minimum atomic E-state index is -0.853. The average Bonchev–Trinajstić information content (AvgIpc) is 2.98. The van der Waals surface area contributed by atoms with Crippen molar-refractivity contribution in [2.24, 2.45) is 0 Å². The summed E-state index contributed by atoms with van der Waals surface area (Å²) in [5, 5.41) is 4.60. The van der Waals surface area contributed by atoms with Crippen LogP contribution in [0.3, 0.4) is 0 Å². The maximum Gasteiger partial charge on any atom is 0.323 e. The molecule has 0 unspecified atom stereocenters. The van der Waals surface area contributed by atoms with Gasteiger partial charge in [0, 0.05) is 12.4 Å². The number of pyridine rings is 1. The molecule has 122 valence electrons.